The molecule has 2 rings (SSSR count). The highest BCUT2D eigenvalue weighted by molar-refractivity contribution is 5.79. The maximum atomic E-state index is 11.1. The zero-order valence-electron chi connectivity index (χ0n) is 16.6. The number of ketones is 1. The number of unbranched alkanes of at least 4 members (excludes halogenated alkanes) is 1. The number of carbonyl (C=O) groups is 1. The predicted molar refractivity (Wildman–Crippen MR) is 105 cm³/mol. The van der Waals surface area contributed by atoms with E-state index in [9.17, 15) is 15.0 Å². The van der Waals surface area contributed by atoms with E-state index in [4.69, 9.17) is 9.84 Å². The molecule has 0 aromatic carbocycles. The molecule has 1 saturated heterocycles. The molecule has 1 heterocycles. The number of ether oxygens (including phenoxy) is 1. The average Bonchev–Trinajstić information content (AvgIpc) is 3.16. The highest BCUT2D eigenvalue weighted by Crippen LogP contribution is 2.45. The molecule has 0 amide bonds. The number of Topliss-reactive ketones (excluding diaryl/α,β-unsaturated/α-hetero) is 1. The number of aliphatic hydroxyl groups is 3. The van der Waals surface area contributed by atoms with Gasteiger partial charge in [0.1, 0.15) is 6.61 Å². The third-order valence-electron chi connectivity index (χ3n) is 5.96. The largest absolute Gasteiger partial charge is 0.392 e. The summed E-state index contributed by atoms with van der Waals surface area (Å²) >= 11 is 0. The van der Waals surface area contributed by atoms with Crippen molar-refractivity contribution in [3.05, 3.63) is 24.3 Å². The predicted octanol–water partition coefficient (Wildman–Crippen LogP) is 2.93. The molecule has 0 aromatic rings. The Labute approximate surface area is 163 Å². The molecule has 1 aliphatic carbocycles. The van der Waals surface area contributed by atoms with Crippen molar-refractivity contribution in [1.82, 2.24) is 0 Å². The van der Waals surface area contributed by atoms with Crippen LogP contribution in [0, 0.1) is 11.8 Å². The minimum Gasteiger partial charge on any atom is -0.392 e. The molecule has 2 unspecified atom stereocenters. The van der Waals surface area contributed by atoms with E-state index in [1.54, 1.807) is 0 Å². The van der Waals surface area contributed by atoms with Crippen molar-refractivity contribution in [1.29, 1.82) is 0 Å². The molecule has 0 aromatic heterocycles. The molecule has 2 fully saturated rings. The molecule has 5 heteroatoms. The first-order chi connectivity index (χ1) is 13.0. The molecule has 6 atom stereocenters. The summed E-state index contributed by atoms with van der Waals surface area (Å²) in [4.78, 5) is 11.1. The van der Waals surface area contributed by atoms with E-state index in [0.717, 1.165) is 44.1 Å². The van der Waals surface area contributed by atoms with Gasteiger partial charge in [-0.25, -0.2) is 0 Å². The maximum absolute atomic E-state index is 11.1. The van der Waals surface area contributed by atoms with Crippen LogP contribution in [0.1, 0.15) is 64.7 Å². The fourth-order valence-corrected chi connectivity index (χ4v) is 4.42. The second kappa shape index (κ2) is 11.1. The second-order valence-electron chi connectivity index (χ2n) is 8.11. The molecule has 5 nitrogen and oxygen atoms in total. The van der Waals surface area contributed by atoms with Crippen LogP contribution < -0.4 is 0 Å². The van der Waals surface area contributed by atoms with Gasteiger partial charge in [-0.2, -0.15) is 0 Å². The number of rotatable bonds is 12. The van der Waals surface area contributed by atoms with Crippen molar-refractivity contribution in [3.63, 3.8) is 0 Å². The van der Waals surface area contributed by atoms with Crippen molar-refractivity contribution in [2.24, 2.45) is 11.8 Å². The molecule has 1 saturated carbocycles. The molecular weight excluding hydrogens is 344 g/mol. The lowest BCUT2D eigenvalue weighted by Crippen LogP contribution is -2.19. The fraction of sp³-hybridized carbons (Fsp3) is 0.773. The van der Waals surface area contributed by atoms with Gasteiger partial charge >= 0.3 is 0 Å². The monoisotopic (exact) mass is 380 g/mol. The first kappa shape index (κ1) is 22.3. The summed E-state index contributed by atoms with van der Waals surface area (Å²) in [5.74, 6) is 0.315. The van der Waals surface area contributed by atoms with Gasteiger partial charge < -0.3 is 20.1 Å². The Morgan fingerprint density at radius 2 is 2.07 bits per heavy atom. The van der Waals surface area contributed by atoms with E-state index in [1.807, 2.05) is 6.08 Å². The van der Waals surface area contributed by atoms with Gasteiger partial charge in [0.25, 0.3) is 0 Å². The number of carbonyl (C=O) groups excluding carboxylic acids is 1. The van der Waals surface area contributed by atoms with E-state index in [2.05, 4.69) is 19.6 Å². The van der Waals surface area contributed by atoms with Crippen LogP contribution in [0.2, 0.25) is 0 Å². The average molecular weight is 381 g/mol. The first-order valence-electron chi connectivity index (χ1n) is 10.4. The van der Waals surface area contributed by atoms with E-state index in [1.165, 1.54) is 0 Å². The standard InChI is InChI=1S/C22H36O5/c1-3-7-15(2)20(25)11-6-10-18-19-12-17(27-22(19)13-21(18)26)9-5-4-8-16(24)14-23/h6,10,17-23,25-26H,2-5,7-9,11-14H2,1H3/b10-6+/t17?,18-,19-,20?,21-,22+/m1/s1. The van der Waals surface area contributed by atoms with Gasteiger partial charge in [-0.3, -0.25) is 4.79 Å². The van der Waals surface area contributed by atoms with Crippen molar-refractivity contribution in [2.75, 3.05) is 6.61 Å². The van der Waals surface area contributed by atoms with Crippen LogP contribution in [0.15, 0.2) is 24.3 Å². The van der Waals surface area contributed by atoms with Gasteiger partial charge in [-0.15, -0.1) is 0 Å². The lowest BCUT2D eigenvalue weighted by molar-refractivity contribution is -0.121. The van der Waals surface area contributed by atoms with Crippen LogP contribution in [-0.4, -0.2) is 52.1 Å². The van der Waals surface area contributed by atoms with Crippen molar-refractivity contribution < 1.29 is 24.9 Å². The molecule has 0 spiro atoms. The Hall–Kier alpha value is -1.01. The van der Waals surface area contributed by atoms with Crippen molar-refractivity contribution in [2.45, 2.75) is 89.1 Å². The summed E-state index contributed by atoms with van der Waals surface area (Å²) in [6.07, 6.45) is 10.5. The molecule has 1 aliphatic heterocycles. The summed E-state index contributed by atoms with van der Waals surface area (Å²) in [7, 11) is 0. The van der Waals surface area contributed by atoms with Gasteiger partial charge in [-0.05, 0) is 43.6 Å². The van der Waals surface area contributed by atoms with E-state index < -0.39 is 6.10 Å². The van der Waals surface area contributed by atoms with E-state index in [-0.39, 0.29) is 36.6 Å². The number of aliphatic hydroxyl groups excluding tert-OH is 3. The van der Waals surface area contributed by atoms with Crippen LogP contribution in [0.3, 0.4) is 0 Å². The third-order valence-corrected chi connectivity index (χ3v) is 5.96. The van der Waals surface area contributed by atoms with Gasteiger partial charge in [-0.1, -0.05) is 38.5 Å². The van der Waals surface area contributed by atoms with Crippen LogP contribution in [-0.2, 0) is 9.53 Å². The Balaban J connectivity index is 1.76. The lowest BCUT2D eigenvalue weighted by Gasteiger charge is -2.18. The minimum atomic E-state index is -0.509. The topological polar surface area (TPSA) is 87.0 Å². The minimum absolute atomic E-state index is 0.0857. The van der Waals surface area contributed by atoms with Crippen LogP contribution >= 0.6 is 0 Å². The molecular formula is C22H36O5. The molecule has 154 valence electrons. The van der Waals surface area contributed by atoms with Crippen LogP contribution in [0.5, 0.6) is 0 Å². The second-order valence-corrected chi connectivity index (χ2v) is 8.11. The van der Waals surface area contributed by atoms with Crippen LogP contribution in [0.4, 0.5) is 0 Å². The number of hydrogen-bond acceptors (Lipinski definition) is 5. The van der Waals surface area contributed by atoms with E-state index >= 15 is 0 Å². The summed E-state index contributed by atoms with van der Waals surface area (Å²) in [5, 5.41) is 29.2. The summed E-state index contributed by atoms with van der Waals surface area (Å²) in [6, 6.07) is 0. The van der Waals surface area contributed by atoms with Gasteiger partial charge in [0, 0.05) is 18.8 Å². The molecule has 27 heavy (non-hydrogen) atoms. The quantitative estimate of drug-likeness (QED) is 0.358. The van der Waals surface area contributed by atoms with Gasteiger partial charge in [0.15, 0.2) is 5.78 Å². The van der Waals surface area contributed by atoms with Crippen molar-refractivity contribution >= 4 is 5.78 Å². The summed E-state index contributed by atoms with van der Waals surface area (Å²) in [6.45, 7) is 5.65. The number of fused-ring (bicyclic) bond motifs is 1. The fourth-order valence-electron chi connectivity index (χ4n) is 4.42. The molecule has 0 radical (unpaired) electrons. The highest BCUT2D eigenvalue weighted by Gasteiger charge is 2.47. The Kier molecular flexibility index (Phi) is 9.16. The van der Waals surface area contributed by atoms with E-state index in [0.29, 0.717) is 25.2 Å². The smallest absolute Gasteiger partial charge is 0.158 e. The Bertz CT molecular complexity index is 515. The number of hydrogen-bond donors (Lipinski definition) is 3. The van der Waals surface area contributed by atoms with Gasteiger partial charge in [0.05, 0.1) is 24.4 Å². The SMILES string of the molecule is C=C(CCC)C(O)C/C=C/[C@@H]1[C@H]2CC(CCCCC(=O)CO)O[C@H]2C[C@H]1O. The van der Waals surface area contributed by atoms with Crippen molar-refractivity contribution in [3.8, 4) is 0 Å². The lowest BCUT2D eigenvalue weighted by atomic mass is 9.89. The Morgan fingerprint density at radius 1 is 1.30 bits per heavy atom. The summed E-state index contributed by atoms with van der Waals surface area (Å²) < 4.78 is 6.13. The molecule has 3 N–H and O–H groups in total. The maximum Gasteiger partial charge on any atom is 0.158 e. The molecule has 0 bridgehead atoms. The van der Waals surface area contributed by atoms with Crippen LogP contribution in [0.25, 0.3) is 0 Å². The summed E-state index contributed by atoms with van der Waals surface area (Å²) in [5.41, 5.74) is 0.871. The zero-order chi connectivity index (χ0) is 19.8. The first-order valence-corrected chi connectivity index (χ1v) is 10.4. The highest BCUT2D eigenvalue weighted by atomic mass is 16.5. The Morgan fingerprint density at radius 3 is 2.78 bits per heavy atom. The molecule has 2 aliphatic rings. The zero-order valence-corrected chi connectivity index (χ0v) is 16.6. The normalized spacial score (nSPS) is 31.3. The third kappa shape index (κ3) is 6.53. The van der Waals surface area contributed by atoms with Gasteiger partial charge in [0.2, 0.25) is 0 Å².